The van der Waals surface area contributed by atoms with Gasteiger partial charge < -0.3 is 4.18 Å². The number of nitrogens with one attached hydrogen (secondary N) is 1. The quantitative estimate of drug-likeness (QED) is 0.458. The van der Waals surface area contributed by atoms with Crippen LogP contribution in [0.1, 0.15) is 35.8 Å². The molecule has 1 aromatic heterocycles. The highest BCUT2D eigenvalue weighted by atomic mass is 32.1. The minimum atomic E-state index is -0.745. The van der Waals surface area contributed by atoms with Crippen LogP contribution in [-0.2, 0) is 16.0 Å². The molecule has 1 aromatic rings. The number of aryl methyl sites for hydroxylation is 1. The third-order valence-corrected chi connectivity index (χ3v) is 2.48. The van der Waals surface area contributed by atoms with Crippen molar-refractivity contribution in [2.45, 2.75) is 19.8 Å². The summed E-state index contributed by atoms with van der Waals surface area (Å²) in [6, 6.07) is 0. The van der Waals surface area contributed by atoms with Crippen LogP contribution in [-0.4, -0.2) is 21.5 Å². The number of H-pyrrole nitrogens is 1. The Hall–Kier alpha value is -1.50. The molecule has 1 N–H and O–H groups in total. The molecule has 0 bridgehead atoms. The van der Waals surface area contributed by atoms with Gasteiger partial charge >= 0.3 is 5.97 Å². The zero-order valence-corrected chi connectivity index (χ0v) is 10.00. The van der Waals surface area contributed by atoms with Crippen LogP contribution in [0.5, 0.6) is 0 Å². The van der Waals surface area contributed by atoms with E-state index in [0.717, 1.165) is 4.68 Å². The van der Waals surface area contributed by atoms with Gasteiger partial charge in [-0.25, -0.2) is 0 Å². The average molecular weight is 244 g/mol. The second-order valence-electron chi connectivity index (χ2n) is 3.45. The number of hydrogen-bond donors (Lipinski definition) is 2. The summed E-state index contributed by atoms with van der Waals surface area (Å²) in [4.78, 5) is 34.2. The van der Waals surface area contributed by atoms with Gasteiger partial charge in [-0.2, -0.15) is 0 Å². The molecule has 6 nitrogen and oxygen atoms in total. The van der Waals surface area contributed by atoms with Gasteiger partial charge in [0.05, 0.1) is 11.6 Å². The molecule has 0 spiro atoms. The molecule has 0 aliphatic carbocycles. The van der Waals surface area contributed by atoms with Crippen LogP contribution < -0.4 is 5.56 Å². The number of rotatable bonds is 3. The maximum atomic E-state index is 11.6. The zero-order valence-electron chi connectivity index (χ0n) is 9.10. The van der Waals surface area contributed by atoms with Crippen LogP contribution in [0.15, 0.2) is 4.79 Å². The molecule has 0 radical (unpaired) electrons. The van der Waals surface area contributed by atoms with Gasteiger partial charge in [0.1, 0.15) is 5.56 Å². The molecule has 1 unspecified atom stereocenters. The van der Waals surface area contributed by atoms with E-state index in [1.807, 2.05) is 0 Å². The van der Waals surface area contributed by atoms with Crippen molar-refractivity contribution in [3.8, 4) is 0 Å². The highest BCUT2D eigenvalue weighted by molar-refractivity contribution is 7.75. The van der Waals surface area contributed by atoms with Crippen LogP contribution in [0.25, 0.3) is 0 Å². The van der Waals surface area contributed by atoms with Crippen LogP contribution in [0.3, 0.4) is 0 Å². The Balaban J connectivity index is 3.34. The molecule has 1 atom stereocenters. The van der Waals surface area contributed by atoms with Gasteiger partial charge in [0.25, 0.3) is 5.56 Å². The smallest absolute Gasteiger partial charge is 0.326 e. The maximum absolute atomic E-state index is 11.6. The van der Waals surface area contributed by atoms with Gasteiger partial charge in [0, 0.05) is 20.0 Å². The molecule has 88 valence electrons. The Morgan fingerprint density at radius 3 is 2.50 bits per heavy atom. The number of aromatic amines is 1. The lowest BCUT2D eigenvalue weighted by Gasteiger charge is -2.06. The van der Waals surface area contributed by atoms with Crippen molar-refractivity contribution in [3.63, 3.8) is 0 Å². The molecule has 0 fully saturated rings. The van der Waals surface area contributed by atoms with E-state index in [4.69, 9.17) is 0 Å². The Labute approximate surface area is 97.2 Å². The lowest BCUT2D eigenvalue weighted by molar-refractivity contribution is -0.134. The Kier molecular flexibility index (Phi) is 3.58. The first kappa shape index (κ1) is 12.6. The van der Waals surface area contributed by atoms with E-state index in [9.17, 15) is 14.4 Å². The van der Waals surface area contributed by atoms with Crippen LogP contribution in [0.2, 0.25) is 0 Å². The van der Waals surface area contributed by atoms with Crippen molar-refractivity contribution < 1.29 is 13.8 Å². The number of Topliss-reactive ketones (excluding diaryl/α,β-unsaturated/α-hetero) is 1. The number of nitrogens with zero attached hydrogens (tertiary/aromatic N) is 1. The van der Waals surface area contributed by atoms with E-state index in [2.05, 4.69) is 22.2 Å². The lowest BCUT2D eigenvalue weighted by Crippen LogP contribution is -2.18. The van der Waals surface area contributed by atoms with Crippen LogP contribution >= 0.6 is 12.9 Å². The highest BCUT2D eigenvalue weighted by Crippen LogP contribution is 2.17. The van der Waals surface area contributed by atoms with E-state index in [-0.39, 0.29) is 11.3 Å². The van der Waals surface area contributed by atoms with Crippen molar-refractivity contribution in [3.05, 3.63) is 21.6 Å². The fourth-order valence-electron chi connectivity index (χ4n) is 1.42. The molecular weight excluding hydrogens is 232 g/mol. The van der Waals surface area contributed by atoms with Crippen molar-refractivity contribution in [2.75, 3.05) is 0 Å². The summed E-state index contributed by atoms with van der Waals surface area (Å²) >= 11 is 3.39. The van der Waals surface area contributed by atoms with E-state index >= 15 is 0 Å². The second kappa shape index (κ2) is 4.56. The number of carbonyl (C=O) groups is 2. The van der Waals surface area contributed by atoms with E-state index in [1.54, 1.807) is 0 Å². The summed E-state index contributed by atoms with van der Waals surface area (Å²) in [5.74, 6) is -1.77. The molecule has 1 heterocycles. The fourth-order valence-corrected chi connectivity index (χ4v) is 1.58. The summed E-state index contributed by atoms with van der Waals surface area (Å²) in [5.41, 5.74) is -0.228. The molecule has 0 amide bonds. The summed E-state index contributed by atoms with van der Waals surface area (Å²) < 4.78 is 5.41. The zero-order chi connectivity index (χ0) is 12.5. The van der Waals surface area contributed by atoms with Crippen molar-refractivity contribution in [1.82, 2.24) is 9.78 Å². The van der Waals surface area contributed by atoms with Gasteiger partial charge in [0.15, 0.2) is 5.78 Å². The van der Waals surface area contributed by atoms with Crippen LogP contribution in [0.4, 0.5) is 0 Å². The molecule has 16 heavy (non-hydrogen) atoms. The number of carbonyl (C=O) groups excluding carboxylic acids is 2. The number of thiol groups is 1. The normalized spacial score (nSPS) is 12.2. The van der Waals surface area contributed by atoms with Crippen LogP contribution in [0, 0.1) is 0 Å². The predicted octanol–water partition coefficient (Wildman–Crippen LogP) is 0.407. The Bertz CT molecular complexity index is 488. The standard InChI is InChI=1S/C9H12N2O4S/c1-4(9(14)15-16)7-6(5(2)12)8(13)11(3)10-7/h4,10,16H,1-3H3. The third-order valence-electron chi connectivity index (χ3n) is 2.30. The third kappa shape index (κ3) is 2.04. The molecule has 1 rings (SSSR count). The van der Waals surface area contributed by atoms with E-state index in [1.165, 1.54) is 20.9 Å². The van der Waals surface area contributed by atoms with Crippen molar-refractivity contribution in [1.29, 1.82) is 0 Å². The van der Waals surface area contributed by atoms with Crippen molar-refractivity contribution >= 4 is 24.7 Å². The summed E-state index contributed by atoms with van der Waals surface area (Å²) in [5, 5.41) is 2.66. The summed E-state index contributed by atoms with van der Waals surface area (Å²) in [6.07, 6.45) is 0. The van der Waals surface area contributed by atoms with E-state index < -0.39 is 23.2 Å². The largest absolute Gasteiger partial charge is 0.394 e. The molecule has 0 saturated heterocycles. The minimum absolute atomic E-state index is 0.0197. The summed E-state index contributed by atoms with van der Waals surface area (Å²) in [6.45, 7) is 2.79. The van der Waals surface area contributed by atoms with Gasteiger partial charge in [-0.1, -0.05) is 0 Å². The topological polar surface area (TPSA) is 81.2 Å². The number of aromatic nitrogens is 2. The molecule has 0 aromatic carbocycles. The SMILES string of the molecule is CC(=O)c1c(C(C)C(=O)OS)[nH]n(C)c1=O. The first-order valence-electron chi connectivity index (χ1n) is 4.55. The van der Waals surface area contributed by atoms with Crippen molar-refractivity contribution in [2.24, 2.45) is 7.05 Å². The molecule has 0 aliphatic heterocycles. The highest BCUT2D eigenvalue weighted by Gasteiger charge is 2.26. The molecular formula is C9H12N2O4S. The van der Waals surface area contributed by atoms with Gasteiger partial charge in [-0.15, -0.1) is 0 Å². The van der Waals surface area contributed by atoms with E-state index in [0.29, 0.717) is 0 Å². The Morgan fingerprint density at radius 2 is 2.06 bits per heavy atom. The monoisotopic (exact) mass is 244 g/mol. The lowest BCUT2D eigenvalue weighted by atomic mass is 10.0. The Morgan fingerprint density at radius 1 is 1.50 bits per heavy atom. The molecule has 7 heteroatoms. The fraction of sp³-hybridized carbons (Fsp3) is 0.444. The second-order valence-corrected chi connectivity index (χ2v) is 3.64. The average Bonchev–Trinajstić information content (AvgIpc) is 2.53. The van der Waals surface area contributed by atoms with Gasteiger partial charge in [0.2, 0.25) is 0 Å². The number of hydrogen-bond acceptors (Lipinski definition) is 5. The molecule has 0 aliphatic rings. The predicted molar refractivity (Wildman–Crippen MR) is 59.5 cm³/mol. The first-order chi connectivity index (χ1) is 7.40. The van der Waals surface area contributed by atoms with Gasteiger partial charge in [-0.3, -0.25) is 24.2 Å². The minimum Gasteiger partial charge on any atom is -0.394 e. The maximum Gasteiger partial charge on any atom is 0.326 e. The first-order valence-corrected chi connectivity index (χ1v) is 4.91. The number of ketones is 1. The molecule has 0 saturated carbocycles. The summed E-state index contributed by atoms with van der Waals surface area (Å²) in [7, 11) is 1.47. The van der Waals surface area contributed by atoms with Gasteiger partial charge in [-0.05, 0) is 13.8 Å².